The molecule has 6 rings (SSSR count). The van der Waals surface area contributed by atoms with E-state index in [1.807, 2.05) is 19.1 Å². The summed E-state index contributed by atoms with van der Waals surface area (Å²) in [6.07, 6.45) is 3.99. The zero-order valence-corrected chi connectivity index (χ0v) is 28.3. The molecule has 0 unspecified atom stereocenters. The minimum atomic E-state index is -0.937. The van der Waals surface area contributed by atoms with Crippen LogP contribution in [0.25, 0.3) is 28.3 Å². The van der Waals surface area contributed by atoms with Gasteiger partial charge in [-0.3, -0.25) is 18.9 Å². The van der Waals surface area contributed by atoms with Crippen LogP contribution in [0.2, 0.25) is 0 Å². The van der Waals surface area contributed by atoms with E-state index in [0.717, 1.165) is 6.42 Å². The van der Waals surface area contributed by atoms with E-state index in [1.165, 1.54) is 12.4 Å². The molecule has 0 aliphatic heterocycles. The second kappa shape index (κ2) is 13.3. The van der Waals surface area contributed by atoms with Crippen molar-refractivity contribution in [2.24, 2.45) is 0 Å². The van der Waals surface area contributed by atoms with Gasteiger partial charge >= 0.3 is 57.1 Å². The van der Waals surface area contributed by atoms with Crippen LogP contribution in [0.3, 0.4) is 0 Å². The Morgan fingerprint density at radius 2 is 1.93 bits per heavy atom. The number of rotatable bonds is 10. The first-order chi connectivity index (χ1) is 20.6. The molecule has 1 fully saturated rings. The van der Waals surface area contributed by atoms with Gasteiger partial charge in [-0.25, -0.2) is 13.7 Å². The summed E-state index contributed by atoms with van der Waals surface area (Å²) >= 11 is 0. The van der Waals surface area contributed by atoms with Crippen molar-refractivity contribution in [3.05, 3.63) is 92.3 Å². The standard InChI is InChI=1S/C31H33FN6O5.K.H/c1-4-7-26-24(28(39)37(29-33-17-34-38(26)29)20-14-21(15-20)42-16-31(2,3)41)12-19-11-10-18(13-25(19)32)22-8-5-6-9-23(22)27-35-30(40)43-36-27;;/h5-6,8-11,13,17,20-21,41H,4,7,12,14-16H2,1-3H3,(H,35,36,40);;/q;+1;-1. The third-order valence-electron chi connectivity index (χ3n) is 7.77. The first-order valence-electron chi connectivity index (χ1n) is 14.4. The second-order valence-corrected chi connectivity index (χ2v) is 11.7. The molecule has 1 aliphatic carbocycles. The summed E-state index contributed by atoms with van der Waals surface area (Å²) in [6, 6.07) is 11.9. The minimum absolute atomic E-state index is 0. The topological polar surface area (TPSA) is 141 Å². The summed E-state index contributed by atoms with van der Waals surface area (Å²) in [4.78, 5) is 32.5. The van der Waals surface area contributed by atoms with Crippen molar-refractivity contribution in [3.8, 4) is 22.5 Å². The molecule has 2 aromatic carbocycles. The van der Waals surface area contributed by atoms with Crippen molar-refractivity contribution >= 4 is 5.78 Å². The number of fused-ring (bicyclic) bond motifs is 1. The Morgan fingerprint density at radius 1 is 1.18 bits per heavy atom. The first kappa shape index (κ1) is 32.6. The van der Waals surface area contributed by atoms with E-state index >= 15 is 4.39 Å². The smallest absolute Gasteiger partial charge is 1.00 e. The molecular weight excluding hydrogens is 594 g/mol. The van der Waals surface area contributed by atoms with E-state index < -0.39 is 17.2 Å². The van der Waals surface area contributed by atoms with E-state index in [0.29, 0.717) is 58.6 Å². The molecule has 0 bridgehead atoms. The average molecular weight is 629 g/mol. The number of nitrogens with one attached hydrogen (secondary N) is 1. The fourth-order valence-corrected chi connectivity index (χ4v) is 5.62. The Morgan fingerprint density at radius 3 is 2.59 bits per heavy atom. The van der Waals surface area contributed by atoms with E-state index in [-0.39, 0.29) is 89.4 Å². The second-order valence-electron chi connectivity index (χ2n) is 11.7. The molecular formula is C31H34FKN6O5. The van der Waals surface area contributed by atoms with Crippen molar-refractivity contribution in [2.45, 2.75) is 70.6 Å². The third-order valence-corrected chi connectivity index (χ3v) is 7.77. The van der Waals surface area contributed by atoms with Crippen molar-refractivity contribution in [1.82, 2.24) is 29.3 Å². The molecule has 0 saturated heterocycles. The zero-order chi connectivity index (χ0) is 30.3. The number of benzene rings is 2. The van der Waals surface area contributed by atoms with Gasteiger partial charge in [0.1, 0.15) is 12.1 Å². The van der Waals surface area contributed by atoms with Crippen LogP contribution in [-0.2, 0) is 17.6 Å². The number of aromatic amines is 1. The normalized spacial score (nSPS) is 16.6. The van der Waals surface area contributed by atoms with Crippen molar-refractivity contribution in [2.75, 3.05) is 6.61 Å². The van der Waals surface area contributed by atoms with Gasteiger partial charge in [-0.05, 0) is 55.9 Å². The maximum absolute atomic E-state index is 15.8. The monoisotopic (exact) mass is 628 g/mol. The number of aryl methyl sites for hydroxylation is 1. The van der Waals surface area contributed by atoms with Crippen molar-refractivity contribution < 1.29 is 71.6 Å². The third kappa shape index (κ3) is 6.59. The predicted octanol–water partition coefficient (Wildman–Crippen LogP) is 1.19. The molecule has 0 atom stereocenters. The van der Waals surface area contributed by atoms with Gasteiger partial charge in [-0.2, -0.15) is 10.1 Å². The number of aliphatic hydroxyl groups is 1. The molecule has 1 saturated carbocycles. The van der Waals surface area contributed by atoms with Crippen LogP contribution in [0.4, 0.5) is 4.39 Å². The fraction of sp³-hybridized carbons (Fsp3) is 0.387. The number of hydrogen-bond acceptors (Lipinski definition) is 8. The van der Waals surface area contributed by atoms with E-state index in [2.05, 4.69) is 24.7 Å². The molecule has 5 aromatic rings. The van der Waals surface area contributed by atoms with Gasteiger partial charge in [0.25, 0.3) is 5.56 Å². The molecule has 11 nitrogen and oxygen atoms in total. The number of aromatic nitrogens is 6. The van der Waals surface area contributed by atoms with Gasteiger partial charge in [0.05, 0.1) is 24.0 Å². The van der Waals surface area contributed by atoms with Crippen LogP contribution in [0.15, 0.2) is 62.9 Å². The maximum Gasteiger partial charge on any atom is 1.00 e. The number of H-pyrrole nitrogens is 1. The summed E-state index contributed by atoms with van der Waals surface area (Å²) < 4.78 is 29.6. The molecule has 0 radical (unpaired) electrons. The predicted molar refractivity (Wildman–Crippen MR) is 157 cm³/mol. The number of ether oxygens (including phenoxy) is 1. The van der Waals surface area contributed by atoms with Crippen LogP contribution in [-0.4, -0.2) is 52.7 Å². The number of hydrogen-bond donors (Lipinski definition) is 2. The average Bonchev–Trinajstić information content (AvgIpc) is 3.61. The number of halogens is 1. The summed E-state index contributed by atoms with van der Waals surface area (Å²) in [7, 11) is 0. The van der Waals surface area contributed by atoms with Crippen molar-refractivity contribution in [1.29, 1.82) is 0 Å². The molecule has 1 aliphatic rings. The van der Waals surface area contributed by atoms with Crippen LogP contribution in [0.5, 0.6) is 0 Å². The van der Waals surface area contributed by atoms with E-state index in [1.54, 1.807) is 47.2 Å². The molecule has 3 aromatic heterocycles. The molecule has 3 heterocycles. The van der Waals surface area contributed by atoms with Crippen LogP contribution < -0.4 is 62.7 Å². The van der Waals surface area contributed by atoms with Crippen LogP contribution >= 0.6 is 0 Å². The largest absolute Gasteiger partial charge is 1.00 e. The van der Waals surface area contributed by atoms with Gasteiger partial charge in [-0.1, -0.05) is 54.9 Å². The zero-order valence-electron chi connectivity index (χ0n) is 26.2. The molecule has 0 amide bonds. The molecule has 226 valence electrons. The SMILES string of the molecule is CCCc1c(Cc2ccc(-c3ccccc3-c3noc(=O)[nH]3)cc2F)c(=O)n(C2CC(OCC(C)(C)O)C2)c2ncnn12.[H-].[K+]. The van der Waals surface area contributed by atoms with Crippen molar-refractivity contribution in [3.63, 3.8) is 0 Å². The fourth-order valence-electron chi connectivity index (χ4n) is 5.62. The van der Waals surface area contributed by atoms with Gasteiger partial charge in [-0.15, -0.1) is 0 Å². The molecule has 2 N–H and O–H groups in total. The number of nitrogens with zero attached hydrogens (tertiary/aromatic N) is 5. The Bertz CT molecular complexity index is 1910. The first-order valence-corrected chi connectivity index (χ1v) is 14.4. The van der Waals surface area contributed by atoms with Gasteiger partial charge < -0.3 is 11.3 Å². The summed E-state index contributed by atoms with van der Waals surface area (Å²) in [5, 5.41) is 18.2. The van der Waals surface area contributed by atoms with E-state index in [4.69, 9.17) is 4.74 Å². The summed E-state index contributed by atoms with van der Waals surface area (Å²) in [5.74, 6) is -0.429. The minimum Gasteiger partial charge on any atom is -1.00 e. The molecule has 13 heteroatoms. The van der Waals surface area contributed by atoms with Gasteiger partial charge in [0.15, 0.2) is 5.82 Å². The Hall–Kier alpha value is -2.78. The molecule has 0 spiro atoms. The van der Waals surface area contributed by atoms with Crippen LogP contribution in [0.1, 0.15) is 64.3 Å². The Labute approximate surface area is 296 Å². The summed E-state index contributed by atoms with van der Waals surface area (Å²) in [6.45, 7) is 5.60. The Kier molecular flexibility index (Phi) is 9.85. The summed E-state index contributed by atoms with van der Waals surface area (Å²) in [5.41, 5.74) is 2.27. The van der Waals surface area contributed by atoms with Gasteiger partial charge in [0, 0.05) is 23.6 Å². The Balaban J connectivity index is 0.00000230. The maximum atomic E-state index is 15.8. The van der Waals surface area contributed by atoms with Crippen LogP contribution in [0, 0.1) is 5.82 Å². The quantitative estimate of drug-likeness (QED) is 0.220. The van der Waals surface area contributed by atoms with E-state index in [9.17, 15) is 14.7 Å². The molecule has 44 heavy (non-hydrogen) atoms. The van der Waals surface area contributed by atoms with Gasteiger partial charge in [0.2, 0.25) is 5.78 Å².